The zero-order valence-corrected chi connectivity index (χ0v) is 14.4. The topological polar surface area (TPSA) is 79.7 Å². The van der Waals surface area contributed by atoms with Crippen LogP contribution in [0.5, 0.6) is 11.6 Å². The van der Waals surface area contributed by atoms with Crippen LogP contribution in [0.15, 0.2) is 42.6 Å². The molecule has 2 aromatic rings. The van der Waals surface area contributed by atoms with Gasteiger partial charge < -0.3 is 14.7 Å². The number of carbonyl (C=O) groups is 2. The van der Waals surface area contributed by atoms with Gasteiger partial charge in [0.15, 0.2) is 0 Å². The number of aromatic nitrogens is 1. The number of benzene rings is 1. The van der Waals surface area contributed by atoms with Gasteiger partial charge >= 0.3 is 12.1 Å². The van der Waals surface area contributed by atoms with Crippen molar-refractivity contribution in [2.75, 3.05) is 13.6 Å². The average molecular weight is 382 g/mol. The van der Waals surface area contributed by atoms with Crippen molar-refractivity contribution in [3.05, 3.63) is 53.7 Å². The predicted octanol–water partition coefficient (Wildman–Crippen LogP) is 3.83. The average Bonchev–Trinajstić information content (AvgIpc) is 2.61. The molecule has 1 N–H and O–H groups in total. The number of carbonyl (C=O) groups excluding carboxylic acids is 1. The zero-order valence-electron chi connectivity index (χ0n) is 14.4. The Morgan fingerprint density at radius 3 is 2.33 bits per heavy atom. The number of amides is 1. The molecular formula is C18H17F3N2O4. The molecular weight excluding hydrogens is 365 g/mol. The van der Waals surface area contributed by atoms with E-state index in [0.717, 1.165) is 12.1 Å². The second kappa shape index (κ2) is 8.52. The van der Waals surface area contributed by atoms with Gasteiger partial charge in [0.25, 0.3) is 5.91 Å². The van der Waals surface area contributed by atoms with Crippen LogP contribution in [0.3, 0.4) is 0 Å². The number of carboxylic acids is 1. The molecule has 9 heteroatoms. The Bertz CT molecular complexity index is 790. The van der Waals surface area contributed by atoms with E-state index in [9.17, 15) is 22.8 Å². The highest BCUT2D eigenvalue weighted by molar-refractivity contribution is 5.94. The number of rotatable bonds is 7. The molecule has 6 nitrogen and oxygen atoms in total. The standard InChI is InChI=1S/C18H17F3N2O4/c1-23(10-2-3-16(24)25)17(26)12-4-7-14(8-5-12)27-15-9-6-13(11-22-15)18(19,20)21/h4-9,11H,2-3,10H2,1H3,(H,24,25). The predicted molar refractivity (Wildman–Crippen MR) is 89.6 cm³/mol. The van der Waals surface area contributed by atoms with E-state index in [0.29, 0.717) is 30.5 Å². The third-order valence-corrected chi connectivity index (χ3v) is 3.62. The molecule has 0 aliphatic heterocycles. The number of halogens is 3. The molecule has 27 heavy (non-hydrogen) atoms. The van der Waals surface area contributed by atoms with Gasteiger partial charge in [-0.3, -0.25) is 9.59 Å². The quantitative estimate of drug-likeness (QED) is 0.787. The molecule has 0 spiro atoms. The number of carboxylic acid groups (broad SMARTS) is 1. The first kappa shape index (κ1) is 20.2. The number of hydrogen-bond acceptors (Lipinski definition) is 4. The Morgan fingerprint density at radius 2 is 1.81 bits per heavy atom. The van der Waals surface area contributed by atoms with Crippen molar-refractivity contribution >= 4 is 11.9 Å². The highest BCUT2D eigenvalue weighted by Crippen LogP contribution is 2.30. The fourth-order valence-electron chi connectivity index (χ4n) is 2.18. The third-order valence-electron chi connectivity index (χ3n) is 3.62. The van der Waals surface area contributed by atoms with Crippen molar-refractivity contribution in [1.29, 1.82) is 0 Å². The summed E-state index contributed by atoms with van der Waals surface area (Å²) in [4.78, 5) is 27.8. The van der Waals surface area contributed by atoms with E-state index in [1.807, 2.05) is 0 Å². The summed E-state index contributed by atoms with van der Waals surface area (Å²) in [5.74, 6) is -0.894. The van der Waals surface area contributed by atoms with E-state index in [1.54, 1.807) is 7.05 Å². The molecule has 0 unspecified atom stereocenters. The molecule has 144 valence electrons. The summed E-state index contributed by atoms with van der Waals surface area (Å²) < 4.78 is 42.9. The van der Waals surface area contributed by atoms with E-state index in [-0.39, 0.29) is 18.2 Å². The summed E-state index contributed by atoms with van der Waals surface area (Å²) in [5.41, 5.74) is -0.498. The van der Waals surface area contributed by atoms with Gasteiger partial charge in [-0.05, 0) is 36.8 Å². The van der Waals surface area contributed by atoms with Gasteiger partial charge in [0.05, 0.1) is 5.56 Å². The summed E-state index contributed by atoms with van der Waals surface area (Å²) in [6.07, 6.45) is -3.47. The van der Waals surface area contributed by atoms with Gasteiger partial charge in [0.1, 0.15) is 5.75 Å². The van der Waals surface area contributed by atoms with Crippen LogP contribution >= 0.6 is 0 Å². The van der Waals surface area contributed by atoms with Crippen molar-refractivity contribution in [1.82, 2.24) is 9.88 Å². The SMILES string of the molecule is CN(CCCC(=O)O)C(=O)c1ccc(Oc2ccc(C(F)(F)F)cn2)cc1. The number of aliphatic carboxylic acids is 1. The van der Waals surface area contributed by atoms with E-state index in [2.05, 4.69) is 4.98 Å². The highest BCUT2D eigenvalue weighted by atomic mass is 19.4. The Morgan fingerprint density at radius 1 is 1.15 bits per heavy atom. The number of hydrogen-bond donors (Lipinski definition) is 1. The molecule has 0 radical (unpaired) electrons. The van der Waals surface area contributed by atoms with Crippen LogP contribution in [0.4, 0.5) is 13.2 Å². The normalized spacial score (nSPS) is 11.1. The molecule has 0 aliphatic rings. The van der Waals surface area contributed by atoms with Gasteiger partial charge in [0, 0.05) is 37.8 Å². The minimum atomic E-state index is -4.47. The van der Waals surface area contributed by atoms with Crippen LogP contribution in [0.25, 0.3) is 0 Å². The Kier molecular flexibility index (Phi) is 6.38. The molecule has 0 fully saturated rings. The largest absolute Gasteiger partial charge is 0.481 e. The van der Waals surface area contributed by atoms with E-state index >= 15 is 0 Å². The lowest BCUT2D eigenvalue weighted by Crippen LogP contribution is -2.28. The smallest absolute Gasteiger partial charge is 0.417 e. The van der Waals surface area contributed by atoms with Gasteiger partial charge in [-0.15, -0.1) is 0 Å². The van der Waals surface area contributed by atoms with Gasteiger partial charge in [-0.25, -0.2) is 4.98 Å². The van der Waals surface area contributed by atoms with Crippen LogP contribution in [-0.4, -0.2) is 40.5 Å². The minimum Gasteiger partial charge on any atom is -0.481 e. The van der Waals surface area contributed by atoms with E-state index in [1.165, 1.54) is 29.2 Å². The van der Waals surface area contributed by atoms with Crippen molar-refractivity contribution in [2.45, 2.75) is 19.0 Å². The third kappa shape index (κ3) is 5.98. The fourth-order valence-corrected chi connectivity index (χ4v) is 2.18. The van der Waals surface area contributed by atoms with Gasteiger partial charge in [-0.2, -0.15) is 13.2 Å². The maximum atomic E-state index is 12.5. The van der Waals surface area contributed by atoms with Crippen LogP contribution in [0.1, 0.15) is 28.8 Å². The first-order valence-electron chi connectivity index (χ1n) is 7.95. The Labute approximate surface area is 153 Å². The first-order chi connectivity index (χ1) is 12.7. The number of pyridine rings is 1. The zero-order chi connectivity index (χ0) is 20.0. The maximum Gasteiger partial charge on any atom is 0.417 e. The first-order valence-corrected chi connectivity index (χ1v) is 7.95. The number of nitrogens with zero attached hydrogens (tertiary/aromatic N) is 2. The molecule has 0 saturated carbocycles. The summed E-state index contributed by atoms with van der Waals surface area (Å²) in [6, 6.07) is 7.99. The van der Waals surface area contributed by atoms with Crippen molar-refractivity contribution in [3.8, 4) is 11.6 Å². The van der Waals surface area contributed by atoms with Crippen LogP contribution in [0.2, 0.25) is 0 Å². The highest BCUT2D eigenvalue weighted by Gasteiger charge is 2.30. The lowest BCUT2D eigenvalue weighted by Gasteiger charge is -2.16. The maximum absolute atomic E-state index is 12.5. The van der Waals surface area contributed by atoms with E-state index < -0.39 is 17.7 Å². The Hall–Kier alpha value is -3.10. The lowest BCUT2D eigenvalue weighted by atomic mass is 10.2. The minimum absolute atomic E-state index is 0.00661. The molecule has 0 saturated heterocycles. The summed E-state index contributed by atoms with van der Waals surface area (Å²) in [5, 5.41) is 8.61. The summed E-state index contributed by atoms with van der Waals surface area (Å²) in [6.45, 7) is 0.304. The second-order valence-electron chi connectivity index (χ2n) is 5.73. The molecule has 0 aliphatic carbocycles. The monoisotopic (exact) mass is 382 g/mol. The molecule has 2 rings (SSSR count). The van der Waals surface area contributed by atoms with Crippen molar-refractivity contribution in [2.24, 2.45) is 0 Å². The molecule has 1 aromatic heterocycles. The Balaban J connectivity index is 1.96. The lowest BCUT2D eigenvalue weighted by molar-refractivity contribution is -0.138. The van der Waals surface area contributed by atoms with Gasteiger partial charge in [0.2, 0.25) is 5.88 Å². The van der Waals surface area contributed by atoms with Gasteiger partial charge in [-0.1, -0.05) is 0 Å². The van der Waals surface area contributed by atoms with Crippen LogP contribution < -0.4 is 4.74 Å². The van der Waals surface area contributed by atoms with Crippen LogP contribution in [-0.2, 0) is 11.0 Å². The number of ether oxygens (including phenoxy) is 1. The van der Waals surface area contributed by atoms with Crippen molar-refractivity contribution < 1.29 is 32.6 Å². The summed E-state index contributed by atoms with van der Waals surface area (Å²) in [7, 11) is 1.57. The molecule has 0 atom stereocenters. The van der Waals surface area contributed by atoms with Crippen LogP contribution in [0, 0.1) is 0 Å². The molecule has 1 amide bonds. The molecule has 1 aromatic carbocycles. The van der Waals surface area contributed by atoms with E-state index in [4.69, 9.17) is 9.84 Å². The second-order valence-corrected chi connectivity index (χ2v) is 5.73. The fraction of sp³-hybridized carbons (Fsp3) is 0.278. The number of alkyl halides is 3. The molecule has 0 bridgehead atoms. The van der Waals surface area contributed by atoms with Crippen molar-refractivity contribution in [3.63, 3.8) is 0 Å². The summed E-state index contributed by atoms with van der Waals surface area (Å²) >= 11 is 0. The molecule has 1 heterocycles.